The number of anilines is 2. The summed E-state index contributed by atoms with van der Waals surface area (Å²) in [6.45, 7) is 2.64. The highest BCUT2D eigenvalue weighted by molar-refractivity contribution is 5.62. The van der Waals surface area contributed by atoms with Gasteiger partial charge in [0.15, 0.2) is 0 Å². The van der Waals surface area contributed by atoms with Crippen molar-refractivity contribution in [3.05, 3.63) is 60.7 Å². The normalized spacial score (nSPS) is 12.1. The van der Waals surface area contributed by atoms with E-state index in [-0.39, 0.29) is 6.10 Å². The van der Waals surface area contributed by atoms with Crippen molar-refractivity contribution in [2.45, 2.75) is 19.4 Å². The van der Waals surface area contributed by atoms with Crippen LogP contribution in [0, 0.1) is 0 Å². The zero-order valence-corrected chi connectivity index (χ0v) is 10.7. The maximum Gasteiger partial charge on any atom is 0.0529 e. The third kappa shape index (κ3) is 3.34. The van der Waals surface area contributed by atoms with Crippen molar-refractivity contribution in [2.24, 2.45) is 0 Å². The number of hydrogen-bond acceptors (Lipinski definition) is 2. The molecule has 1 N–H and O–H groups in total. The second-order valence-electron chi connectivity index (χ2n) is 4.46. The SMILES string of the molecule is CC(O)CCN(c1ccccc1)c1ccccc1. The molecular weight excluding hydrogens is 222 g/mol. The number of para-hydroxylation sites is 2. The Morgan fingerprint density at radius 1 is 0.889 bits per heavy atom. The predicted octanol–water partition coefficient (Wildman–Crippen LogP) is 3.60. The summed E-state index contributed by atoms with van der Waals surface area (Å²) >= 11 is 0. The summed E-state index contributed by atoms with van der Waals surface area (Å²) in [5.74, 6) is 0. The monoisotopic (exact) mass is 241 g/mol. The Labute approximate surface area is 109 Å². The number of hydrogen-bond donors (Lipinski definition) is 1. The fourth-order valence-electron chi connectivity index (χ4n) is 1.94. The van der Waals surface area contributed by atoms with Gasteiger partial charge in [0.25, 0.3) is 0 Å². The zero-order chi connectivity index (χ0) is 12.8. The highest BCUT2D eigenvalue weighted by atomic mass is 16.3. The van der Waals surface area contributed by atoms with Gasteiger partial charge in [0, 0.05) is 17.9 Å². The molecule has 0 amide bonds. The second kappa shape index (κ2) is 6.22. The van der Waals surface area contributed by atoms with Gasteiger partial charge in [0.05, 0.1) is 6.10 Å². The van der Waals surface area contributed by atoms with Crippen molar-refractivity contribution >= 4 is 11.4 Å². The molecule has 0 aliphatic heterocycles. The van der Waals surface area contributed by atoms with Crippen LogP contribution in [0.3, 0.4) is 0 Å². The van der Waals surface area contributed by atoms with Crippen LogP contribution in [-0.2, 0) is 0 Å². The van der Waals surface area contributed by atoms with Gasteiger partial charge in [-0.1, -0.05) is 36.4 Å². The number of rotatable bonds is 5. The van der Waals surface area contributed by atoms with Gasteiger partial charge in [0.1, 0.15) is 0 Å². The first-order valence-corrected chi connectivity index (χ1v) is 6.33. The Balaban J connectivity index is 2.24. The average Bonchev–Trinajstić information content (AvgIpc) is 2.41. The maximum atomic E-state index is 9.47. The second-order valence-corrected chi connectivity index (χ2v) is 4.46. The van der Waals surface area contributed by atoms with Crippen molar-refractivity contribution < 1.29 is 5.11 Å². The smallest absolute Gasteiger partial charge is 0.0529 e. The first-order valence-electron chi connectivity index (χ1n) is 6.33. The predicted molar refractivity (Wildman–Crippen MR) is 76.2 cm³/mol. The van der Waals surface area contributed by atoms with E-state index in [4.69, 9.17) is 0 Å². The maximum absolute atomic E-state index is 9.47. The number of aliphatic hydroxyl groups excluding tert-OH is 1. The Morgan fingerprint density at radius 2 is 1.33 bits per heavy atom. The van der Waals surface area contributed by atoms with Crippen molar-refractivity contribution in [1.82, 2.24) is 0 Å². The molecule has 0 bridgehead atoms. The molecule has 1 atom stereocenters. The van der Waals surface area contributed by atoms with E-state index in [2.05, 4.69) is 29.2 Å². The first kappa shape index (κ1) is 12.7. The van der Waals surface area contributed by atoms with Crippen molar-refractivity contribution in [3.63, 3.8) is 0 Å². The highest BCUT2D eigenvalue weighted by Gasteiger charge is 2.09. The largest absolute Gasteiger partial charge is 0.393 e. The highest BCUT2D eigenvalue weighted by Crippen LogP contribution is 2.25. The van der Waals surface area contributed by atoms with E-state index in [9.17, 15) is 5.11 Å². The van der Waals surface area contributed by atoms with E-state index in [1.807, 2.05) is 43.3 Å². The van der Waals surface area contributed by atoms with Crippen LogP contribution < -0.4 is 4.90 Å². The van der Waals surface area contributed by atoms with Gasteiger partial charge in [-0.3, -0.25) is 0 Å². The Bertz CT molecular complexity index is 414. The molecule has 0 fully saturated rings. The summed E-state index contributed by atoms with van der Waals surface area (Å²) < 4.78 is 0. The number of aliphatic hydroxyl groups is 1. The van der Waals surface area contributed by atoms with Crippen molar-refractivity contribution in [1.29, 1.82) is 0 Å². The van der Waals surface area contributed by atoms with Crippen LogP contribution in [0.25, 0.3) is 0 Å². The molecule has 0 aromatic heterocycles. The number of benzene rings is 2. The summed E-state index contributed by atoms with van der Waals surface area (Å²) in [4.78, 5) is 2.23. The van der Waals surface area contributed by atoms with Crippen LogP contribution in [0.4, 0.5) is 11.4 Å². The fraction of sp³-hybridized carbons (Fsp3) is 0.250. The molecule has 2 nitrogen and oxygen atoms in total. The third-order valence-corrected chi connectivity index (χ3v) is 2.91. The molecule has 0 aliphatic carbocycles. The Kier molecular flexibility index (Phi) is 4.37. The molecule has 0 heterocycles. The topological polar surface area (TPSA) is 23.5 Å². The van der Waals surface area contributed by atoms with Crippen LogP contribution >= 0.6 is 0 Å². The fourth-order valence-corrected chi connectivity index (χ4v) is 1.94. The van der Waals surface area contributed by atoms with Gasteiger partial charge in [0.2, 0.25) is 0 Å². The molecule has 0 saturated heterocycles. The molecule has 2 rings (SSSR count). The van der Waals surface area contributed by atoms with E-state index in [1.165, 1.54) is 0 Å². The molecular formula is C16H19NO. The summed E-state index contributed by atoms with van der Waals surface area (Å²) in [5, 5.41) is 9.47. The zero-order valence-electron chi connectivity index (χ0n) is 10.7. The molecule has 94 valence electrons. The minimum atomic E-state index is -0.278. The minimum absolute atomic E-state index is 0.278. The van der Waals surface area contributed by atoms with Gasteiger partial charge in [-0.05, 0) is 37.6 Å². The Morgan fingerprint density at radius 3 is 1.72 bits per heavy atom. The Hall–Kier alpha value is -1.80. The molecule has 0 saturated carbocycles. The van der Waals surface area contributed by atoms with Crippen LogP contribution in [0.15, 0.2) is 60.7 Å². The average molecular weight is 241 g/mol. The van der Waals surface area contributed by atoms with Crippen molar-refractivity contribution in [2.75, 3.05) is 11.4 Å². The van der Waals surface area contributed by atoms with Crippen molar-refractivity contribution in [3.8, 4) is 0 Å². The molecule has 0 aliphatic rings. The van der Waals surface area contributed by atoms with Crippen LogP contribution in [0.5, 0.6) is 0 Å². The standard InChI is InChI=1S/C16H19NO/c1-14(18)12-13-17(15-8-4-2-5-9-15)16-10-6-3-7-11-16/h2-11,14,18H,12-13H2,1H3. The minimum Gasteiger partial charge on any atom is -0.393 e. The summed E-state index contributed by atoms with van der Waals surface area (Å²) in [6.07, 6.45) is 0.476. The van der Waals surface area contributed by atoms with Gasteiger partial charge < -0.3 is 10.0 Å². The molecule has 2 aromatic carbocycles. The molecule has 18 heavy (non-hydrogen) atoms. The lowest BCUT2D eigenvalue weighted by molar-refractivity contribution is 0.187. The summed E-state index contributed by atoms with van der Waals surface area (Å²) in [5.41, 5.74) is 2.31. The molecule has 1 unspecified atom stereocenters. The lowest BCUT2D eigenvalue weighted by Gasteiger charge is -2.25. The quantitative estimate of drug-likeness (QED) is 0.864. The van der Waals surface area contributed by atoms with E-state index in [1.54, 1.807) is 0 Å². The molecule has 0 spiro atoms. The lowest BCUT2D eigenvalue weighted by Crippen LogP contribution is -2.21. The van der Waals surface area contributed by atoms with Gasteiger partial charge in [-0.15, -0.1) is 0 Å². The van der Waals surface area contributed by atoms with Gasteiger partial charge in [-0.25, -0.2) is 0 Å². The van der Waals surface area contributed by atoms with Crippen LogP contribution in [0.2, 0.25) is 0 Å². The van der Waals surface area contributed by atoms with Crippen LogP contribution in [0.1, 0.15) is 13.3 Å². The van der Waals surface area contributed by atoms with Crippen LogP contribution in [-0.4, -0.2) is 17.8 Å². The first-order chi connectivity index (χ1) is 8.77. The van der Waals surface area contributed by atoms with E-state index in [0.29, 0.717) is 0 Å². The summed E-state index contributed by atoms with van der Waals surface area (Å²) in [7, 11) is 0. The van der Waals surface area contributed by atoms with Gasteiger partial charge >= 0.3 is 0 Å². The number of nitrogens with zero attached hydrogens (tertiary/aromatic N) is 1. The lowest BCUT2D eigenvalue weighted by atomic mass is 10.2. The van der Waals surface area contributed by atoms with E-state index >= 15 is 0 Å². The third-order valence-electron chi connectivity index (χ3n) is 2.91. The molecule has 0 radical (unpaired) electrons. The molecule has 2 aromatic rings. The molecule has 2 heteroatoms. The van der Waals surface area contributed by atoms with Gasteiger partial charge in [-0.2, -0.15) is 0 Å². The summed E-state index contributed by atoms with van der Waals surface area (Å²) in [6, 6.07) is 20.5. The van der Waals surface area contributed by atoms with E-state index in [0.717, 1.165) is 24.3 Å². The van der Waals surface area contributed by atoms with E-state index < -0.39 is 0 Å².